The van der Waals surface area contributed by atoms with Crippen LogP contribution < -0.4 is 0 Å². The van der Waals surface area contributed by atoms with Gasteiger partial charge >= 0.3 is 0 Å². The minimum atomic E-state index is -3.70. The minimum absolute atomic E-state index is 0.0505. The molecule has 0 radical (unpaired) electrons. The van der Waals surface area contributed by atoms with Gasteiger partial charge in [-0.15, -0.1) is 0 Å². The van der Waals surface area contributed by atoms with E-state index in [0.29, 0.717) is 26.2 Å². The van der Waals surface area contributed by atoms with E-state index >= 15 is 0 Å². The molecular formula is C15H21FN2O4S. The van der Waals surface area contributed by atoms with E-state index in [1.165, 1.54) is 16.4 Å². The van der Waals surface area contributed by atoms with Crippen LogP contribution in [0, 0.1) is 5.82 Å². The number of ether oxygens (including phenoxy) is 1. The van der Waals surface area contributed by atoms with E-state index in [0.717, 1.165) is 25.2 Å². The Morgan fingerprint density at radius 3 is 2.48 bits per heavy atom. The molecule has 0 aromatic heterocycles. The summed E-state index contributed by atoms with van der Waals surface area (Å²) in [5.41, 5.74) is -1.05. The maximum Gasteiger partial charge on any atom is 0.243 e. The van der Waals surface area contributed by atoms with Crippen LogP contribution in [0.1, 0.15) is 6.42 Å². The lowest BCUT2D eigenvalue weighted by molar-refractivity contribution is -0.0239. The number of aliphatic hydroxyl groups is 1. The van der Waals surface area contributed by atoms with Gasteiger partial charge in [0.1, 0.15) is 5.82 Å². The summed E-state index contributed by atoms with van der Waals surface area (Å²) in [4.78, 5) is 2.15. The second kappa shape index (κ2) is 6.45. The van der Waals surface area contributed by atoms with Crippen LogP contribution in [0.5, 0.6) is 0 Å². The highest BCUT2D eigenvalue weighted by Gasteiger charge is 2.42. The third-order valence-electron chi connectivity index (χ3n) is 4.37. The molecule has 3 rings (SSSR count). The summed E-state index contributed by atoms with van der Waals surface area (Å²) in [6.07, 6.45) is 0.394. The molecule has 6 nitrogen and oxygen atoms in total. The molecular weight excluding hydrogens is 323 g/mol. The number of rotatable bonds is 4. The normalized spacial score (nSPS) is 27.4. The zero-order chi connectivity index (χ0) is 16.5. The van der Waals surface area contributed by atoms with E-state index in [2.05, 4.69) is 4.90 Å². The average molecular weight is 344 g/mol. The predicted octanol–water partition coefficient (Wildman–Crippen LogP) is 0.283. The largest absolute Gasteiger partial charge is 0.387 e. The summed E-state index contributed by atoms with van der Waals surface area (Å²) >= 11 is 0. The molecule has 1 atom stereocenters. The molecule has 0 amide bonds. The smallest absolute Gasteiger partial charge is 0.243 e. The molecule has 0 bridgehead atoms. The van der Waals surface area contributed by atoms with Crippen molar-refractivity contribution in [1.29, 1.82) is 0 Å². The first-order valence-corrected chi connectivity index (χ1v) is 9.11. The first-order valence-electron chi connectivity index (χ1n) is 7.67. The van der Waals surface area contributed by atoms with Gasteiger partial charge in [-0.2, -0.15) is 4.31 Å². The lowest BCUT2D eigenvalue weighted by atomic mass is 10.0. The highest BCUT2D eigenvalue weighted by Crippen LogP contribution is 2.28. The van der Waals surface area contributed by atoms with E-state index in [9.17, 15) is 17.9 Å². The first-order chi connectivity index (χ1) is 10.9. The van der Waals surface area contributed by atoms with Crippen molar-refractivity contribution in [3.63, 3.8) is 0 Å². The van der Waals surface area contributed by atoms with Crippen LogP contribution in [-0.4, -0.2) is 74.3 Å². The van der Waals surface area contributed by atoms with Gasteiger partial charge in [-0.05, 0) is 30.7 Å². The number of benzene rings is 1. The Kier molecular flexibility index (Phi) is 4.70. The van der Waals surface area contributed by atoms with E-state index in [1.54, 1.807) is 0 Å². The second-order valence-corrected chi connectivity index (χ2v) is 8.09. The number of β-amino-alcohol motifs (C(OH)–C–C–N with tert-alkyl or cyclic N) is 1. The van der Waals surface area contributed by atoms with Crippen LogP contribution in [0.4, 0.5) is 4.39 Å². The molecule has 0 aliphatic carbocycles. The Hall–Kier alpha value is -1.06. The third-order valence-corrected chi connectivity index (χ3v) is 6.23. The van der Waals surface area contributed by atoms with Gasteiger partial charge in [0.05, 0.1) is 23.7 Å². The Balaban J connectivity index is 1.69. The standard InChI is InChI=1S/C15H21FN2O4S/c16-13-1-3-14(4-2-13)23(20,21)18-6-5-15(19,12-18)11-17-7-9-22-10-8-17/h1-4,19H,5-12H2. The fourth-order valence-electron chi connectivity index (χ4n) is 3.08. The number of sulfonamides is 1. The van der Waals surface area contributed by atoms with Crippen LogP contribution in [0.3, 0.4) is 0 Å². The summed E-state index contributed by atoms with van der Waals surface area (Å²) < 4.78 is 44.7. The summed E-state index contributed by atoms with van der Waals surface area (Å²) in [5, 5.41) is 10.7. The zero-order valence-electron chi connectivity index (χ0n) is 12.8. The van der Waals surface area contributed by atoms with E-state index in [-0.39, 0.29) is 18.0 Å². The van der Waals surface area contributed by atoms with E-state index in [1.807, 2.05) is 0 Å². The van der Waals surface area contributed by atoms with Crippen LogP contribution >= 0.6 is 0 Å². The molecule has 1 aromatic carbocycles. The van der Waals surface area contributed by atoms with Crippen LogP contribution in [-0.2, 0) is 14.8 Å². The number of hydrogen-bond acceptors (Lipinski definition) is 5. The topological polar surface area (TPSA) is 70.1 Å². The van der Waals surface area contributed by atoms with Crippen molar-refractivity contribution < 1.29 is 22.7 Å². The molecule has 2 aliphatic heterocycles. The molecule has 2 fully saturated rings. The van der Waals surface area contributed by atoms with Gasteiger partial charge in [-0.3, -0.25) is 4.90 Å². The van der Waals surface area contributed by atoms with Gasteiger partial charge in [-0.25, -0.2) is 12.8 Å². The zero-order valence-corrected chi connectivity index (χ0v) is 13.6. The van der Waals surface area contributed by atoms with Gasteiger partial charge in [0.25, 0.3) is 0 Å². The second-order valence-electron chi connectivity index (χ2n) is 6.16. The van der Waals surface area contributed by atoms with Gasteiger partial charge in [0.2, 0.25) is 10.0 Å². The summed E-state index contributed by atoms with van der Waals surface area (Å²) in [6, 6.07) is 4.76. The molecule has 128 valence electrons. The molecule has 2 aliphatic rings. The number of nitrogens with zero attached hydrogens (tertiary/aromatic N) is 2. The molecule has 0 saturated carbocycles. The Morgan fingerprint density at radius 1 is 1.17 bits per heavy atom. The lowest BCUT2D eigenvalue weighted by Gasteiger charge is -2.33. The molecule has 1 aromatic rings. The first kappa shape index (κ1) is 16.8. The van der Waals surface area contributed by atoms with Crippen molar-refractivity contribution in [2.45, 2.75) is 16.9 Å². The molecule has 1 unspecified atom stereocenters. The molecule has 1 N–H and O–H groups in total. The molecule has 8 heteroatoms. The maximum absolute atomic E-state index is 13.0. The van der Waals surface area contributed by atoms with Crippen molar-refractivity contribution in [3.05, 3.63) is 30.1 Å². The van der Waals surface area contributed by atoms with Crippen molar-refractivity contribution in [3.8, 4) is 0 Å². The van der Waals surface area contributed by atoms with Crippen LogP contribution in [0.2, 0.25) is 0 Å². The Bertz CT molecular complexity index is 646. The number of halogens is 1. The SMILES string of the molecule is O=S(=O)(c1ccc(F)cc1)N1CCC(O)(CN2CCOCC2)C1. The molecule has 2 saturated heterocycles. The fraction of sp³-hybridized carbons (Fsp3) is 0.600. The maximum atomic E-state index is 13.0. The summed E-state index contributed by atoms with van der Waals surface area (Å²) in [7, 11) is -3.70. The minimum Gasteiger partial charge on any atom is -0.387 e. The van der Waals surface area contributed by atoms with Crippen molar-refractivity contribution in [1.82, 2.24) is 9.21 Å². The van der Waals surface area contributed by atoms with Crippen molar-refractivity contribution in [2.24, 2.45) is 0 Å². The predicted molar refractivity (Wildman–Crippen MR) is 82.0 cm³/mol. The summed E-state index contributed by atoms with van der Waals surface area (Å²) in [6.45, 7) is 3.51. The third kappa shape index (κ3) is 3.72. The highest BCUT2D eigenvalue weighted by molar-refractivity contribution is 7.89. The quantitative estimate of drug-likeness (QED) is 0.850. The fourth-order valence-corrected chi connectivity index (χ4v) is 4.60. The average Bonchev–Trinajstić information content (AvgIpc) is 2.91. The summed E-state index contributed by atoms with van der Waals surface area (Å²) in [5.74, 6) is -0.478. The molecule has 2 heterocycles. The van der Waals surface area contributed by atoms with Crippen molar-refractivity contribution >= 4 is 10.0 Å². The van der Waals surface area contributed by atoms with Crippen LogP contribution in [0.15, 0.2) is 29.2 Å². The number of hydrogen-bond donors (Lipinski definition) is 1. The van der Waals surface area contributed by atoms with Gasteiger partial charge < -0.3 is 9.84 Å². The Morgan fingerprint density at radius 2 is 1.83 bits per heavy atom. The van der Waals surface area contributed by atoms with E-state index in [4.69, 9.17) is 4.74 Å². The highest BCUT2D eigenvalue weighted by atomic mass is 32.2. The van der Waals surface area contributed by atoms with Crippen LogP contribution in [0.25, 0.3) is 0 Å². The van der Waals surface area contributed by atoms with Gasteiger partial charge in [0.15, 0.2) is 0 Å². The van der Waals surface area contributed by atoms with Gasteiger partial charge in [0, 0.05) is 32.7 Å². The lowest BCUT2D eigenvalue weighted by Crippen LogP contribution is -2.49. The number of morpholine rings is 1. The van der Waals surface area contributed by atoms with E-state index < -0.39 is 21.4 Å². The van der Waals surface area contributed by atoms with Crippen molar-refractivity contribution in [2.75, 3.05) is 45.9 Å². The molecule has 0 spiro atoms. The monoisotopic (exact) mass is 344 g/mol. The van der Waals surface area contributed by atoms with Gasteiger partial charge in [-0.1, -0.05) is 0 Å². The molecule has 23 heavy (non-hydrogen) atoms. The Labute approximate surface area is 135 Å².